The monoisotopic (exact) mass is 355 g/mol. The predicted molar refractivity (Wildman–Crippen MR) is 95.4 cm³/mol. The largest absolute Gasteiger partial charge is 0.460 e. The molecule has 1 aliphatic carbocycles. The molecule has 2 unspecified atom stereocenters. The first-order chi connectivity index (χ1) is 12.7. The number of fused-ring (bicyclic) bond motifs is 2. The SMILES string of the molecule is O=C1NN=C2c3cc(CN(CCO)CCO)ccc3OC3=CC=CC1C32. The number of aliphatic hydroxyl groups excluding tert-OH is 2. The van der Waals surface area contributed by atoms with Crippen molar-refractivity contribution in [1.29, 1.82) is 0 Å². The molecular weight excluding hydrogens is 334 g/mol. The fraction of sp³-hybridized carbons (Fsp3) is 0.368. The van der Waals surface area contributed by atoms with Crippen LogP contribution in [-0.4, -0.2) is 53.0 Å². The Hall–Kier alpha value is -2.48. The van der Waals surface area contributed by atoms with E-state index in [-0.39, 0.29) is 31.0 Å². The minimum Gasteiger partial charge on any atom is -0.460 e. The van der Waals surface area contributed by atoms with E-state index in [0.717, 1.165) is 28.3 Å². The Balaban J connectivity index is 1.67. The highest BCUT2D eigenvalue weighted by molar-refractivity contribution is 6.11. The molecule has 2 aliphatic heterocycles. The van der Waals surface area contributed by atoms with Crippen LogP contribution in [0, 0.1) is 11.8 Å². The van der Waals surface area contributed by atoms with E-state index < -0.39 is 0 Å². The fourth-order valence-electron chi connectivity index (χ4n) is 3.69. The molecule has 2 atom stereocenters. The van der Waals surface area contributed by atoms with E-state index >= 15 is 0 Å². The summed E-state index contributed by atoms with van der Waals surface area (Å²) in [6.45, 7) is 1.67. The molecule has 0 saturated carbocycles. The van der Waals surface area contributed by atoms with Gasteiger partial charge in [-0.2, -0.15) is 5.10 Å². The number of aliphatic hydroxyl groups is 2. The average Bonchev–Trinajstić information content (AvgIpc) is 2.65. The predicted octanol–water partition coefficient (Wildman–Crippen LogP) is 0.386. The number of nitrogens with zero attached hydrogens (tertiary/aromatic N) is 2. The van der Waals surface area contributed by atoms with Gasteiger partial charge in [-0.05, 0) is 23.8 Å². The van der Waals surface area contributed by atoms with Crippen molar-refractivity contribution in [3.05, 3.63) is 53.3 Å². The van der Waals surface area contributed by atoms with E-state index in [1.54, 1.807) is 0 Å². The highest BCUT2D eigenvalue weighted by Gasteiger charge is 2.43. The molecule has 0 aromatic heterocycles. The van der Waals surface area contributed by atoms with Gasteiger partial charge in [0.2, 0.25) is 5.91 Å². The number of hydrazone groups is 1. The normalized spacial score (nSPS) is 22.8. The summed E-state index contributed by atoms with van der Waals surface area (Å²) in [5.74, 6) is 0.840. The van der Waals surface area contributed by atoms with Crippen molar-refractivity contribution < 1.29 is 19.7 Å². The van der Waals surface area contributed by atoms with Gasteiger partial charge in [0.1, 0.15) is 11.5 Å². The number of hydrogen-bond donors (Lipinski definition) is 3. The number of carbonyl (C=O) groups is 1. The van der Waals surface area contributed by atoms with Crippen LogP contribution in [0.2, 0.25) is 0 Å². The summed E-state index contributed by atoms with van der Waals surface area (Å²) in [6, 6.07) is 5.89. The van der Waals surface area contributed by atoms with Gasteiger partial charge in [0.25, 0.3) is 0 Å². The number of nitrogens with one attached hydrogen (secondary N) is 1. The molecule has 1 aromatic carbocycles. The number of amides is 1. The zero-order chi connectivity index (χ0) is 18.1. The number of rotatable bonds is 6. The molecule has 0 spiro atoms. The lowest BCUT2D eigenvalue weighted by molar-refractivity contribution is -0.124. The first-order valence-electron chi connectivity index (χ1n) is 8.72. The van der Waals surface area contributed by atoms with Crippen LogP contribution in [0.3, 0.4) is 0 Å². The maximum Gasteiger partial charge on any atom is 0.248 e. The van der Waals surface area contributed by atoms with Crippen molar-refractivity contribution in [3.63, 3.8) is 0 Å². The molecule has 0 radical (unpaired) electrons. The number of hydrogen-bond acceptors (Lipinski definition) is 6. The lowest BCUT2D eigenvalue weighted by Gasteiger charge is -2.36. The zero-order valence-corrected chi connectivity index (χ0v) is 14.3. The van der Waals surface area contributed by atoms with Gasteiger partial charge in [0.15, 0.2) is 0 Å². The van der Waals surface area contributed by atoms with E-state index in [0.29, 0.717) is 19.6 Å². The molecule has 3 N–H and O–H groups in total. The first-order valence-corrected chi connectivity index (χ1v) is 8.72. The number of ether oxygens (including phenoxy) is 1. The van der Waals surface area contributed by atoms with Gasteiger partial charge in [-0.25, -0.2) is 5.43 Å². The summed E-state index contributed by atoms with van der Waals surface area (Å²) < 4.78 is 6.03. The Morgan fingerprint density at radius 2 is 2.04 bits per heavy atom. The lowest BCUT2D eigenvalue weighted by atomic mass is 9.77. The second-order valence-corrected chi connectivity index (χ2v) is 6.59. The summed E-state index contributed by atoms with van der Waals surface area (Å²) in [6.07, 6.45) is 5.61. The molecule has 1 amide bonds. The number of allylic oxidation sites excluding steroid dienone is 3. The lowest BCUT2D eigenvalue weighted by Crippen LogP contribution is -2.45. The van der Waals surface area contributed by atoms with Crippen LogP contribution < -0.4 is 10.2 Å². The third kappa shape index (κ3) is 2.94. The second kappa shape index (κ2) is 7.03. The Kier molecular flexibility index (Phi) is 4.58. The summed E-state index contributed by atoms with van der Waals surface area (Å²) in [7, 11) is 0. The maximum atomic E-state index is 12.1. The van der Waals surface area contributed by atoms with Crippen molar-refractivity contribution in [2.24, 2.45) is 16.9 Å². The first kappa shape index (κ1) is 17.0. The van der Waals surface area contributed by atoms with E-state index in [1.807, 2.05) is 41.3 Å². The molecule has 3 aliphatic rings. The molecule has 0 fully saturated rings. The van der Waals surface area contributed by atoms with Crippen LogP contribution in [0.5, 0.6) is 5.75 Å². The van der Waals surface area contributed by atoms with Gasteiger partial charge in [-0.15, -0.1) is 0 Å². The molecule has 1 aromatic rings. The van der Waals surface area contributed by atoms with E-state index in [2.05, 4.69) is 10.5 Å². The molecule has 136 valence electrons. The Morgan fingerprint density at radius 3 is 2.81 bits per heavy atom. The van der Waals surface area contributed by atoms with Gasteiger partial charge in [0.05, 0.1) is 30.8 Å². The van der Waals surface area contributed by atoms with E-state index in [9.17, 15) is 15.0 Å². The maximum absolute atomic E-state index is 12.1. The molecule has 2 heterocycles. The van der Waals surface area contributed by atoms with Crippen molar-refractivity contribution >= 4 is 11.6 Å². The standard InChI is InChI=1S/C19H21N3O4/c23-8-6-22(7-9-24)11-12-4-5-15-14(10-12)18-17-13(19(25)21-20-18)2-1-3-16(17)26-15/h1-5,10,13,17,23-24H,6-9,11H2,(H,21,25). The van der Waals surface area contributed by atoms with Crippen molar-refractivity contribution in [3.8, 4) is 5.75 Å². The van der Waals surface area contributed by atoms with Crippen molar-refractivity contribution in [2.45, 2.75) is 6.54 Å². The fourth-order valence-corrected chi connectivity index (χ4v) is 3.69. The summed E-state index contributed by atoms with van der Waals surface area (Å²) in [5.41, 5.74) is 5.33. The third-order valence-corrected chi connectivity index (χ3v) is 4.91. The van der Waals surface area contributed by atoms with Gasteiger partial charge >= 0.3 is 0 Å². The molecule has 0 bridgehead atoms. The number of benzene rings is 1. The van der Waals surface area contributed by atoms with Crippen LogP contribution >= 0.6 is 0 Å². The van der Waals surface area contributed by atoms with Crippen LogP contribution in [0.15, 0.2) is 47.3 Å². The molecular formula is C19H21N3O4. The van der Waals surface area contributed by atoms with E-state index in [4.69, 9.17) is 4.74 Å². The molecule has 4 rings (SSSR count). The molecule has 7 nitrogen and oxygen atoms in total. The topological polar surface area (TPSA) is 94.4 Å². The number of carbonyl (C=O) groups excluding carboxylic acids is 1. The van der Waals surface area contributed by atoms with Gasteiger partial charge in [-0.1, -0.05) is 18.2 Å². The quantitative estimate of drug-likeness (QED) is 0.686. The van der Waals surface area contributed by atoms with Gasteiger partial charge in [-0.3, -0.25) is 9.69 Å². The summed E-state index contributed by atoms with van der Waals surface area (Å²) in [5, 5.41) is 22.7. The highest BCUT2D eigenvalue weighted by Crippen LogP contribution is 2.41. The van der Waals surface area contributed by atoms with Gasteiger partial charge in [0, 0.05) is 25.2 Å². The molecule has 26 heavy (non-hydrogen) atoms. The Labute approximate surface area is 151 Å². The van der Waals surface area contributed by atoms with Crippen molar-refractivity contribution in [2.75, 3.05) is 26.3 Å². The summed E-state index contributed by atoms with van der Waals surface area (Å²) >= 11 is 0. The second-order valence-electron chi connectivity index (χ2n) is 6.59. The molecule has 0 saturated heterocycles. The summed E-state index contributed by atoms with van der Waals surface area (Å²) in [4.78, 5) is 14.1. The average molecular weight is 355 g/mol. The van der Waals surface area contributed by atoms with E-state index in [1.165, 1.54) is 0 Å². The van der Waals surface area contributed by atoms with Crippen LogP contribution in [-0.2, 0) is 11.3 Å². The molecule has 7 heteroatoms. The van der Waals surface area contributed by atoms with Gasteiger partial charge < -0.3 is 14.9 Å². The minimum absolute atomic E-state index is 0.0387. The smallest absolute Gasteiger partial charge is 0.248 e. The van der Waals surface area contributed by atoms with Crippen LogP contribution in [0.25, 0.3) is 0 Å². The third-order valence-electron chi connectivity index (χ3n) is 4.91. The van der Waals surface area contributed by atoms with Crippen LogP contribution in [0.4, 0.5) is 0 Å². The Bertz CT molecular complexity index is 809. The zero-order valence-electron chi connectivity index (χ0n) is 14.3. The highest BCUT2D eigenvalue weighted by atomic mass is 16.5. The Morgan fingerprint density at radius 1 is 1.23 bits per heavy atom. The minimum atomic E-state index is -0.306. The van der Waals surface area contributed by atoms with Crippen LogP contribution in [0.1, 0.15) is 11.1 Å². The van der Waals surface area contributed by atoms with Crippen molar-refractivity contribution in [1.82, 2.24) is 10.3 Å².